The molecule has 2 unspecified atom stereocenters. The molecule has 5 heteroatoms. The maximum absolute atomic E-state index is 11.9. The minimum atomic E-state index is 0.127. The van der Waals surface area contributed by atoms with Crippen LogP contribution in [-0.2, 0) is 11.2 Å². The monoisotopic (exact) mass is 272 g/mol. The minimum Gasteiger partial charge on any atom is -0.355 e. The smallest absolute Gasteiger partial charge is 0.224 e. The number of hydrogen-bond acceptors (Lipinski definition) is 3. The maximum atomic E-state index is 11.9. The molecule has 1 aromatic rings. The summed E-state index contributed by atoms with van der Waals surface area (Å²) in [5, 5.41) is 6.24. The fraction of sp³-hybridized carbons (Fsp3) is 0.583. The largest absolute Gasteiger partial charge is 0.355 e. The summed E-state index contributed by atoms with van der Waals surface area (Å²) in [5.41, 5.74) is 0. The van der Waals surface area contributed by atoms with E-state index in [2.05, 4.69) is 17.6 Å². The van der Waals surface area contributed by atoms with Crippen molar-refractivity contribution in [1.82, 2.24) is 10.6 Å². The van der Waals surface area contributed by atoms with Gasteiger partial charge in [0, 0.05) is 18.0 Å². The SMILES string of the molecule is CC1CNCC1C(=O)NCCc1ccc(Cl)s1. The highest BCUT2D eigenvalue weighted by molar-refractivity contribution is 7.16. The van der Waals surface area contributed by atoms with Crippen molar-refractivity contribution < 1.29 is 4.79 Å². The summed E-state index contributed by atoms with van der Waals surface area (Å²) in [6.07, 6.45) is 0.859. The topological polar surface area (TPSA) is 41.1 Å². The Morgan fingerprint density at radius 3 is 3.00 bits per heavy atom. The summed E-state index contributed by atoms with van der Waals surface area (Å²) in [5.74, 6) is 0.734. The molecule has 3 nitrogen and oxygen atoms in total. The number of nitrogens with one attached hydrogen (secondary N) is 2. The fourth-order valence-corrected chi connectivity index (χ4v) is 3.17. The van der Waals surface area contributed by atoms with Crippen molar-refractivity contribution in [1.29, 1.82) is 0 Å². The average molecular weight is 273 g/mol. The summed E-state index contributed by atoms with van der Waals surface area (Å²) in [4.78, 5) is 13.1. The molecule has 0 aromatic carbocycles. The molecule has 17 heavy (non-hydrogen) atoms. The van der Waals surface area contributed by atoms with Gasteiger partial charge in [-0.15, -0.1) is 11.3 Å². The van der Waals surface area contributed by atoms with Gasteiger partial charge in [-0.2, -0.15) is 0 Å². The van der Waals surface area contributed by atoms with Gasteiger partial charge in [-0.1, -0.05) is 18.5 Å². The van der Waals surface area contributed by atoms with E-state index in [1.165, 1.54) is 4.88 Å². The third kappa shape index (κ3) is 3.44. The molecule has 0 saturated carbocycles. The van der Waals surface area contributed by atoms with Crippen LogP contribution in [0.4, 0.5) is 0 Å². The van der Waals surface area contributed by atoms with Gasteiger partial charge in [-0.05, 0) is 31.0 Å². The Kier molecular flexibility index (Phi) is 4.42. The van der Waals surface area contributed by atoms with Gasteiger partial charge in [0.05, 0.1) is 10.3 Å². The standard InChI is InChI=1S/C12H17ClN2OS/c1-8-6-14-7-10(8)12(16)15-5-4-9-2-3-11(13)17-9/h2-3,8,10,14H,4-7H2,1H3,(H,15,16). The minimum absolute atomic E-state index is 0.127. The molecule has 1 saturated heterocycles. The van der Waals surface area contributed by atoms with E-state index in [1.54, 1.807) is 11.3 Å². The van der Waals surface area contributed by atoms with Gasteiger partial charge in [-0.25, -0.2) is 0 Å². The van der Waals surface area contributed by atoms with E-state index in [9.17, 15) is 4.79 Å². The molecular weight excluding hydrogens is 256 g/mol. The second-order valence-electron chi connectivity index (χ2n) is 4.49. The van der Waals surface area contributed by atoms with Crippen LogP contribution in [-0.4, -0.2) is 25.5 Å². The van der Waals surface area contributed by atoms with E-state index in [0.717, 1.165) is 23.8 Å². The van der Waals surface area contributed by atoms with Gasteiger partial charge in [0.1, 0.15) is 0 Å². The predicted octanol–water partition coefficient (Wildman–Crippen LogP) is 1.92. The highest BCUT2D eigenvalue weighted by Gasteiger charge is 2.28. The van der Waals surface area contributed by atoms with Gasteiger partial charge >= 0.3 is 0 Å². The zero-order chi connectivity index (χ0) is 12.3. The Hall–Kier alpha value is -0.580. The van der Waals surface area contributed by atoms with E-state index < -0.39 is 0 Å². The molecule has 2 rings (SSSR count). The van der Waals surface area contributed by atoms with Crippen LogP contribution in [0.3, 0.4) is 0 Å². The van der Waals surface area contributed by atoms with Crippen molar-refractivity contribution in [3.63, 3.8) is 0 Å². The number of carbonyl (C=O) groups excluding carboxylic acids is 1. The predicted molar refractivity (Wildman–Crippen MR) is 71.6 cm³/mol. The van der Waals surface area contributed by atoms with Gasteiger partial charge < -0.3 is 10.6 Å². The van der Waals surface area contributed by atoms with Crippen LogP contribution in [0, 0.1) is 11.8 Å². The molecule has 2 atom stereocenters. The number of amides is 1. The molecule has 1 aliphatic heterocycles. The van der Waals surface area contributed by atoms with Gasteiger partial charge in [0.2, 0.25) is 5.91 Å². The first kappa shape index (κ1) is 12.9. The molecule has 94 valence electrons. The Bertz CT molecular complexity index is 394. The molecule has 1 aromatic heterocycles. The lowest BCUT2D eigenvalue weighted by atomic mass is 9.97. The van der Waals surface area contributed by atoms with Crippen molar-refractivity contribution >= 4 is 28.8 Å². The van der Waals surface area contributed by atoms with Crippen LogP contribution in [0.25, 0.3) is 0 Å². The maximum Gasteiger partial charge on any atom is 0.224 e. The average Bonchev–Trinajstić information content (AvgIpc) is 2.87. The van der Waals surface area contributed by atoms with Crippen molar-refractivity contribution in [3.05, 3.63) is 21.3 Å². The van der Waals surface area contributed by atoms with Gasteiger partial charge in [-0.3, -0.25) is 4.79 Å². The second-order valence-corrected chi connectivity index (χ2v) is 6.29. The van der Waals surface area contributed by atoms with Crippen LogP contribution in [0.15, 0.2) is 12.1 Å². The van der Waals surface area contributed by atoms with Crippen LogP contribution < -0.4 is 10.6 Å². The highest BCUT2D eigenvalue weighted by atomic mass is 35.5. The van der Waals surface area contributed by atoms with E-state index in [1.807, 2.05) is 12.1 Å². The van der Waals surface area contributed by atoms with Crippen molar-refractivity contribution in [2.45, 2.75) is 13.3 Å². The normalized spacial score (nSPS) is 23.9. The Morgan fingerprint density at radius 1 is 1.59 bits per heavy atom. The summed E-state index contributed by atoms with van der Waals surface area (Å²) >= 11 is 7.42. The number of hydrogen-bond donors (Lipinski definition) is 2. The lowest BCUT2D eigenvalue weighted by molar-refractivity contribution is -0.125. The van der Waals surface area contributed by atoms with Gasteiger partial charge in [0.15, 0.2) is 0 Å². The molecule has 0 radical (unpaired) electrons. The van der Waals surface area contributed by atoms with Crippen molar-refractivity contribution in [2.24, 2.45) is 11.8 Å². The molecule has 0 bridgehead atoms. The van der Waals surface area contributed by atoms with Crippen LogP contribution in [0.5, 0.6) is 0 Å². The molecule has 1 aliphatic rings. The number of rotatable bonds is 4. The number of thiophene rings is 1. The lowest BCUT2D eigenvalue weighted by Crippen LogP contribution is -2.35. The molecule has 0 spiro atoms. The first-order chi connectivity index (χ1) is 8.16. The molecule has 2 N–H and O–H groups in total. The van der Waals surface area contributed by atoms with Crippen molar-refractivity contribution in [2.75, 3.05) is 19.6 Å². The molecule has 1 amide bonds. The van der Waals surface area contributed by atoms with Crippen molar-refractivity contribution in [3.8, 4) is 0 Å². The second kappa shape index (κ2) is 5.85. The Balaban J connectivity index is 1.73. The summed E-state index contributed by atoms with van der Waals surface area (Å²) in [6, 6.07) is 3.91. The van der Waals surface area contributed by atoms with Gasteiger partial charge in [0.25, 0.3) is 0 Å². The summed E-state index contributed by atoms with van der Waals surface area (Å²) < 4.78 is 0.806. The quantitative estimate of drug-likeness (QED) is 0.879. The zero-order valence-electron chi connectivity index (χ0n) is 9.83. The first-order valence-electron chi connectivity index (χ1n) is 5.89. The fourth-order valence-electron chi connectivity index (χ4n) is 2.09. The molecular formula is C12H17ClN2OS. The third-order valence-electron chi connectivity index (χ3n) is 3.15. The zero-order valence-corrected chi connectivity index (χ0v) is 11.4. The third-order valence-corrected chi connectivity index (χ3v) is 4.44. The van der Waals surface area contributed by atoms with E-state index >= 15 is 0 Å². The highest BCUT2D eigenvalue weighted by Crippen LogP contribution is 2.21. The summed E-state index contributed by atoms with van der Waals surface area (Å²) in [6.45, 7) is 4.55. The first-order valence-corrected chi connectivity index (χ1v) is 7.09. The number of halogens is 1. The van der Waals surface area contributed by atoms with E-state index in [0.29, 0.717) is 12.5 Å². The molecule has 2 heterocycles. The van der Waals surface area contributed by atoms with Crippen LogP contribution in [0.1, 0.15) is 11.8 Å². The Labute approximate surface area is 111 Å². The van der Waals surface area contributed by atoms with Crippen LogP contribution in [0.2, 0.25) is 4.34 Å². The Morgan fingerprint density at radius 2 is 2.41 bits per heavy atom. The molecule has 1 fully saturated rings. The van der Waals surface area contributed by atoms with E-state index in [4.69, 9.17) is 11.6 Å². The summed E-state index contributed by atoms with van der Waals surface area (Å²) in [7, 11) is 0. The number of carbonyl (C=O) groups is 1. The molecule has 0 aliphatic carbocycles. The van der Waals surface area contributed by atoms with E-state index in [-0.39, 0.29) is 11.8 Å². The van der Waals surface area contributed by atoms with Crippen LogP contribution >= 0.6 is 22.9 Å². The lowest BCUT2D eigenvalue weighted by Gasteiger charge is -2.13.